The summed E-state index contributed by atoms with van der Waals surface area (Å²) < 4.78 is 16.9. The summed E-state index contributed by atoms with van der Waals surface area (Å²) in [5.41, 5.74) is 1.10. The Morgan fingerprint density at radius 1 is 1.26 bits per heavy atom. The largest absolute Gasteiger partial charge is 0.374 e. The zero-order chi connectivity index (χ0) is 13.9. The van der Waals surface area contributed by atoms with E-state index in [2.05, 4.69) is 0 Å². The number of rotatable bonds is 5. The van der Waals surface area contributed by atoms with Crippen LogP contribution in [0.3, 0.4) is 0 Å². The van der Waals surface area contributed by atoms with Gasteiger partial charge in [0.05, 0.1) is 13.2 Å². The molecule has 4 heteroatoms. The van der Waals surface area contributed by atoms with Gasteiger partial charge in [-0.3, -0.25) is 4.79 Å². The predicted molar refractivity (Wildman–Crippen MR) is 70.6 cm³/mol. The maximum atomic E-state index is 11.5. The van der Waals surface area contributed by atoms with Gasteiger partial charge in [-0.2, -0.15) is 0 Å². The summed E-state index contributed by atoms with van der Waals surface area (Å²) in [5.74, 6) is -0.754. The molecule has 0 bridgehead atoms. The van der Waals surface area contributed by atoms with Gasteiger partial charge in [-0.15, -0.1) is 0 Å². The average molecular weight is 264 g/mol. The Morgan fingerprint density at radius 2 is 1.95 bits per heavy atom. The zero-order valence-electron chi connectivity index (χ0n) is 11.6. The first-order valence-corrected chi connectivity index (χ1v) is 6.46. The maximum absolute atomic E-state index is 11.5. The minimum Gasteiger partial charge on any atom is -0.374 e. The molecule has 0 aromatic heterocycles. The van der Waals surface area contributed by atoms with Crippen LogP contribution in [0.5, 0.6) is 0 Å². The van der Waals surface area contributed by atoms with E-state index in [-0.39, 0.29) is 11.9 Å². The molecule has 0 N–H and O–H groups in total. The van der Waals surface area contributed by atoms with Crippen LogP contribution in [-0.4, -0.2) is 30.4 Å². The molecule has 0 aliphatic carbocycles. The fourth-order valence-electron chi connectivity index (χ4n) is 2.17. The molecule has 0 saturated carbocycles. The topological polar surface area (TPSA) is 44.8 Å². The quantitative estimate of drug-likeness (QED) is 0.818. The summed E-state index contributed by atoms with van der Waals surface area (Å²) in [6.07, 6.45) is -0.873. The Balaban J connectivity index is 1.86. The highest BCUT2D eigenvalue weighted by Gasteiger charge is 2.43. The number of benzene rings is 1. The normalized spacial score (nSPS) is 25.4. The third-order valence-corrected chi connectivity index (χ3v) is 2.98. The fraction of sp³-hybridized carbons (Fsp3) is 0.533. The van der Waals surface area contributed by atoms with Gasteiger partial charge in [0.1, 0.15) is 12.2 Å². The SMILES string of the molecule is CC(=O)[C@H]1OC(C)(C)O[C@@H]1COCc1ccccc1. The van der Waals surface area contributed by atoms with Crippen LogP contribution in [0.1, 0.15) is 26.3 Å². The summed E-state index contributed by atoms with van der Waals surface area (Å²) >= 11 is 0. The lowest BCUT2D eigenvalue weighted by Crippen LogP contribution is -2.33. The van der Waals surface area contributed by atoms with E-state index in [1.807, 2.05) is 30.3 Å². The van der Waals surface area contributed by atoms with Crippen molar-refractivity contribution in [2.24, 2.45) is 0 Å². The Morgan fingerprint density at radius 3 is 2.58 bits per heavy atom. The van der Waals surface area contributed by atoms with Crippen LogP contribution >= 0.6 is 0 Å². The van der Waals surface area contributed by atoms with Crippen LogP contribution in [0.2, 0.25) is 0 Å². The van der Waals surface area contributed by atoms with E-state index >= 15 is 0 Å². The van der Waals surface area contributed by atoms with Gasteiger partial charge in [-0.1, -0.05) is 30.3 Å². The summed E-state index contributed by atoms with van der Waals surface area (Å²) in [6.45, 7) is 5.98. The van der Waals surface area contributed by atoms with Crippen molar-refractivity contribution in [2.45, 2.75) is 45.4 Å². The molecule has 1 heterocycles. The number of carbonyl (C=O) groups is 1. The van der Waals surface area contributed by atoms with Crippen LogP contribution in [0.25, 0.3) is 0 Å². The molecule has 0 amide bonds. The van der Waals surface area contributed by atoms with Gasteiger partial charge in [0.25, 0.3) is 0 Å². The molecule has 1 aromatic carbocycles. The predicted octanol–water partition coefficient (Wildman–Crippen LogP) is 2.31. The Labute approximate surface area is 113 Å². The van der Waals surface area contributed by atoms with Gasteiger partial charge in [0.2, 0.25) is 0 Å². The summed E-state index contributed by atoms with van der Waals surface area (Å²) in [5, 5.41) is 0. The van der Waals surface area contributed by atoms with Gasteiger partial charge in [0.15, 0.2) is 11.6 Å². The molecule has 1 fully saturated rings. The fourth-order valence-corrected chi connectivity index (χ4v) is 2.17. The molecule has 1 saturated heterocycles. The van der Waals surface area contributed by atoms with Crippen LogP contribution in [0.15, 0.2) is 30.3 Å². The van der Waals surface area contributed by atoms with Gasteiger partial charge in [0, 0.05) is 0 Å². The lowest BCUT2D eigenvalue weighted by Gasteiger charge is -2.16. The van der Waals surface area contributed by atoms with Gasteiger partial charge in [-0.05, 0) is 26.3 Å². The summed E-state index contributed by atoms with van der Waals surface area (Å²) in [6, 6.07) is 9.90. The molecule has 104 valence electrons. The van der Waals surface area contributed by atoms with Crippen LogP contribution in [0, 0.1) is 0 Å². The summed E-state index contributed by atoms with van der Waals surface area (Å²) in [4.78, 5) is 11.5. The molecule has 0 radical (unpaired) electrons. The van der Waals surface area contributed by atoms with Crippen molar-refractivity contribution in [1.82, 2.24) is 0 Å². The van der Waals surface area contributed by atoms with Crippen molar-refractivity contribution in [3.8, 4) is 0 Å². The van der Waals surface area contributed by atoms with Crippen molar-refractivity contribution in [3.63, 3.8) is 0 Å². The van der Waals surface area contributed by atoms with E-state index in [4.69, 9.17) is 14.2 Å². The lowest BCUT2D eigenvalue weighted by molar-refractivity contribution is -0.156. The van der Waals surface area contributed by atoms with Gasteiger partial charge >= 0.3 is 0 Å². The summed E-state index contributed by atoms with van der Waals surface area (Å²) in [7, 11) is 0. The number of ketones is 1. The second-order valence-corrected chi connectivity index (χ2v) is 5.21. The third kappa shape index (κ3) is 3.86. The Kier molecular flexibility index (Phi) is 4.34. The monoisotopic (exact) mass is 264 g/mol. The van der Waals surface area contributed by atoms with Crippen molar-refractivity contribution in [1.29, 1.82) is 0 Å². The lowest BCUT2D eigenvalue weighted by atomic mass is 10.1. The molecule has 0 unspecified atom stereocenters. The van der Waals surface area contributed by atoms with Gasteiger partial charge in [-0.25, -0.2) is 0 Å². The van der Waals surface area contributed by atoms with Crippen LogP contribution < -0.4 is 0 Å². The molecular formula is C15H20O4. The molecule has 4 nitrogen and oxygen atoms in total. The maximum Gasteiger partial charge on any atom is 0.164 e. The molecule has 19 heavy (non-hydrogen) atoms. The van der Waals surface area contributed by atoms with E-state index in [0.717, 1.165) is 5.56 Å². The Hall–Kier alpha value is -1.23. The molecule has 2 rings (SSSR count). The molecule has 1 aromatic rings. The van der Waals surface area contributed by atoms with E-state index < -0.39 is 11.9 Å². The van der Waals surface area contributed by atoms with E-state index in [1.165, 1.54) is 6.92 Å². The first-order chi connectivity index (χ1) is 8.98. The van der Waals surface area contributed by atoms with E-state index in [0.29, 0.717) is 13.2 Å². The second kappa shape index (κ2) is 5.82. The van der Waals surface area contributed by atoms with Crippen molar-refractivity contribution < 1.29 is 19.0 Å². The van der Waals surface area contributed by atoms with Crippen molar-refractivity contribution >= 4 is 5.78 Å². The van der Waals surface area contributed by atoms with Crippen molar-refractivity contribution in [2.75, 3.05) is 6.61 Å². The minimum absolute atomic E-state index is 0.0288. The minimum atomic E-state index is -0.725. The Bertz CT molecular complexity index is 427. The molecular weight excluding hydrogens is 244 g/mol. The smallest absolute Gasteiger partial charge is 0.164 e. The molecule has 1 aliphatic heterocycles. The van der Waals surface area contributed by atoms with Crippen LogP contribution in [-0.2, 0) is 25.6 Å². The number of ether oxygens (including phenoxy) is 3. The number of Topliss-reactive ketones (excluding diaryl/α,β-unsaturated/α-hetero) is 1. The first-order valence-electron chi connectivity index (χ1n) is 6.46. The zero-order valence-corrected chi connectivity index (χ0v) is 11.6. The van der Waals surface area contributed by atoms with Crippen LogP contribution in [0.4, 0.5) is 0 Å². The second-order valence-electron chi connectivity index (χ2n) is 5.21. The highest BCUT2D eigenvalue weighted by molar-refractivity contribution is 5.81. The average Bonchev–Trinajstić information content (AvgIpc) is 2.66. The third-order valence-electron chi connectivity index (χ3n) is 2.98. The standard InChI is InChI=1S/C15H20O4/c1-11(16)14-13(18-15(2,3)19-14)10-17-9-12-7-5-4-6-8-12/h4-8,13-14H,9-10H2,1-3H3/t13-,14-/m1/s1. The highest BCUT2D eigenvalue weighted by Crippen LogP contribution is 2.28. The number of carbonyl (C=O) groups excluding carboxylic acids is 1. The molecule has 0 spiro atoms. The van der Waals surface area contributed by atoms with E-state index in [1.54, 1.807) is 13.8 Å². The van der Waals surface area contributed by atoms with Crippen molar-refractivity contribution in [3.05, 3.63) is 35.9 Å². The first kappa shape index (κ1) is 14.2. The molecule has 2 atom stereocenters. The van der Waals surface area contributed by atoms with E-state index in [9.17, 15) is 4.79 Å². The number of hydrogen-bond acceptors (Lipinski definition) is 4. The highest BCUT2D eigenvalue weighted by atomic mass is 16.8. The molecule has 1 aliphatic rings. The van der Waals surface area contributed by atoms with Gasteiger partial charge < -0.3 is 14.2 Å². The number of hydrogen-bond donors (Lipinski definition) is 0.